The number of amides is 1. The largest absolute Gasteiger partial charge is 0.393 e. The lowest BCUT2D eigenvalue weighted by atomic mass is 10.3. The molecule has 0 saturated carbocycles. The Kier molecular flexibility index (Phi) is 4.06. The van der Waals surface area contributed by atoms with E-state index in [1.807, 2.05) is 0 Å². The van der Waals surface area contributed by atoms with Gasteiger partial charge in [0.2, 0.25) is 10.0 Å². The van der Waals surface area contributed by atoms with Crippen molar-refractivity contribution in [3.63, 3.8) is 0 Å². The van der Waals surface area contributed by atoms with E-state index in [2.05, 4.69) is 0 Å². The maximum absolute atomic E-state index is 10.7. The lowest BCUT2D eigenvalue weighted by molar-refractivity contribution is 0.191. The molecule has 1 atom stereocenters. The van der Waals surface area contributed by atoms with Crippen molar-refractivity contribution < 1.29 is 18.3 Å². The Labute approximate surface area is 65.5 Å². The molecule has 5 nitrogen and oxygen atoms in total. The number of hydrogen-bond donors (Lipinski definition) is 2. The van der Waals surface area contributed by atoms with Crippen LogP contribution in [0.2, 0.25) is 0 Å². The fraction of sp³-hybridized carbons (Fsp3) is 0.800. The van der Waals surface area contributed by atoms with Gasteiger partial charge in [0.15, 0.2) is 0 Å². The molecule has 6 heteroatoms. The molecule has 65 valence electrons. The summed E-state index contributed by atoms with van der Waals surface area (Å²) in [6.45, 7) is 1.47. The number of hydrogen-bond acceptors (Lipinski definition) is 4. The average Bonchev–Trinajstić information content (AvgIpc) is 1.84. The van der Waals surface area contributed by atoms with Gasteiger partial charge in [0.1, 0.15) is 0 Å². The van der Waals surface area contributed by atoms with Crippen molar-refractivity contribution in [2.75, 3.05) is 5.75 Å². The molecule has 0 spiro atoms. The van der Waals surface area contributed by atoms with Crippen molar-refractivity contribution >= 4 is 16.4 Å². The molecule has 1 amide bonds. The SMILES string of the molecule is CC(O)CCS(=O)(=O)N[C]=O. The first-order valence-electron chi connectivity index (χ1n) is 3.02. The summed E-state index contributed by atoms with van der Waals surface area (Å²) in [5.41, 5.74) is 0. The van der Waals surface area contributed by atoms with E-state index in [9.17, 15) is 13.2 Å². The van der Waals surface area contributed by atoms with Gasteiger partial charge in [-0.15, -0.1) is 0 Å². The number of nitrogens with one attached hydrogen (secondary N) is 1. The number of rotatable bonds is 5. The molecule has 0 rings (SSSR count). The third-order valence-corrected chi connectivity index (χ3v) is 2.17. The van der Waals surface area contributed by atoms with E-state index in [-0.39, 0.29) is 12.2 Å². The minimum Gasteiger partial charge on any atom is -0.393 e. The van der Waals surface area contributed by atoms with Crippen LogP contribution in [0.1, 0.15) is 13.3 Å². The highest BCUT2D eigenvalue weighted by Gasteiger charge is 2.09. The molecule has 0 saturated heterocycles. The first kappa shape index (κ1) is 10.4. The van der Waals surface area contributed by atoms with Gasteiger partial charge in [-0.1, -0.05) is 0 Å². The van der Waals surface area contributed by atoms with E-state index >= 15 is 0 Å². The third kappa shape index (κ3) is 5.81. The van der Waals surface area contributed by atoms with Crippen molar-refractivity contribution in [2.24, 2.45) is 0 Å². The molecule has 2 N–H and O–H groups in total. The molecule has 0 bridgehead atoms. The number of sulfonamides is 1. The van der Waals surface area contributed by atoms with Gasteiger partial charge >= 0.3 is 6.41 Å². The monoisotopic (exact) mass is 180 g/mol. The summed E-state index contributed by atoms with van der Waals surface area (Å²) >= 11 is 0. The maximum atomic E-state index is 10.7. The zero-order valence-corrected chi connectivity index (χ0v) is 6.89. The van der Waals surface area contributed by atoms with E-state index in [0.29, 0.717) is 0 Å². The highest BCUT2D eigenvalue weighted by molar-refractivity contribution is 7.89. The second-order valence-corrected chi connectivity index (χ2v) is 4.00. The summed E-state index contributed by atoms with van der Waals surface area (Å²) in [6.07, 6.45) is 0.488. The second kappa shape index (κ2) is 4.30. The van der Waals surface area contributed by atoms with Gasteiger partial charge in [-0.3, -0.25) is 4.79 Å². The maximum Gasteiger partial charge on any atom is 0.323 e. The van der Waals surface area contributed by atoms with E-state index < -0.39 is 16.1 Å². The van der Waals surface area contributed by atoms with Crippen LogP contribution in [0, 0.1) is 0 Å². The standard InChI is InChI=1S/C5H10NO4S/c1-5(8)2-3-11(9,10)6-4-7/h5,8H,2-3H2,1H3,(H,6,7). The Morgan fingerprint density at radius 1 is 1.64 bits per heavy atom. The van der Waals surface area contributed by atoms with Crippen molar-refractivity contribution in [3.8, 4) is 0 Å². The first-order chi connectivity index (χ1) is 4.98. The molecule has 0 aromatic carbocycles. The molecule has 0 aromatic heterocycles. The summed E-state index contributed by atoms with van der Waals surface area (Å²) in [4.78, 5) is 9.59. The normalized spacial score (nSPS) is 14.0. The van der Waals surface area contributed by atoms with Gasteiger partial charge in [-0.2, -0.15) is 0 Å². The first-order valence-corrected chi connectivity index (χ1v) is 4.68. The van der Waals surface area contributed by atoms with Crippen molar-refractivity contribution in [1.82, 2.24) is 4.72 Å². The van der Waals surface area contributed by atoms with Crippen molar-refractivity contribution in [3.05, 3.63) is 0 Å². The molecule has 0 fully saturated rings. The molecular formula is C5H10NO4S. The van der Waals surface area contributed by atoms with Gasteiger partial charge in [0.25, 0.3) is 0 Å². The molecule has 0 aliphatic carbocycles. The Morgan fingerprint density at radius 3 is 2.55 bits per heavy atom. The molecular weight excluding hydrogens is 170 g/mol. The van der Waals surface area contributed by atoms with Gasteiger partial charge in [-0.25, -0.2) is 13.1 Å². The Balaban J connectivity index is 3.83. The zero-order chi connectivity index (χ0) is 8.91. The van der Waals surface area contributed by atoms with Crippen molar-refractivity contribution in [1.29, 1.82) is 0 Å². The molecule has 1 unspecified atom stereocenters. The van der Waals surface area contributed by atoms with E-state index in [1.165, 1.54) is 11.6 Å². The molecule has 0 aromatic rings. The van der Waals surface area contributed by atoms with E-state index in [1.54, 1.807) is 0 Å². The fourth-order valence-electron chi connectivity index (χ4n) is 0.440. The van der Waals surface area contributed by atoms with Crippen LogP contribution in [-0.4, -0.2) is 31.8 Å². The molecule has 11 heavy (non-hydrogen) atoms. The lowest BCUT2D eigenvalue weighted by Crippen LogP contribution is -2.26. The highest BCUT2D eigenvalue weighted by Crippen LogP contribution is 1.93. The number of carbonyl (C=O) groups excluding carboxylic acids is 1. The molecule has 0 aliphatic heterocycles. The second-order valence-electron chi connectivity index (χ2n) is 2.16. The zero-order valence-electron chi connectivity index (χ0n) is 6.07. The third-order valence-electron chi connectivity index (χ3n) is 1.00. The van der Waals surface area contributed by atoms with Crippen LogP contribution < -0.4 is 4.72 Å². The van der Waals surface area contributed by atoms with Gasteiger partial charge in [0.05, 0.1) is 11.9 Å². The predicted molar refractivity (Wildman–Crippen MR) is 38.9 cm³/mol. The van der Waals surface area contributed by atoms with Crippen LogP contribution in [0.4, 0.5) is 0 Å². The van der Waals surface area contributed by atoms with Crippen LogP contribution in [0.15, 0.2) is 0 Å². The van der Waals surface area contributed by atoms with E-state index in [0.717, 1.165) is 6.41 Å². The van der Waals surface area contributed by atoms with E-state index in [4.69, 9.17) is 5.11 Å². The summed E-state index contributed by atoms with van der Waals surface area (Å²) in [7, 11) is -3.56. The minimum atomic E-state index is -3.56. The van der Waals surface area contributed by atoms with Crippen LogP contribution in [0.25, 0.3) is 0 Å². The van der Waals surface area contributed by atoms with Crippen LogP contribution in [-0.2, 0) is 14.8 Å². The van der Waals surface area contributed by atoms with Crippen molar-refractivity contribution in [2.45, 2.75) is 19.4 Å². The number of aliphatic hydroxyl groups is 1. The molecule has 1 radical (unpaired) electrons. The summed E-state index contributed by atoms with van der Waals surface area (Å²) < 4.78 is 22.8. The lowest BCUT2D eigenvalue weighted by Gasteiger charge is -2.02. The molecule has 0 heterocycles. The van der Waals surface area contributed by atoms with Gasteiger partial charge in [-0.05, 0) is 13.3 Å². The smallest absolute Gasteiger partial charge is 0.323 e. The Hall–Kier alpha value is -0.620. The summed E-state index contributed by atoms with van der Waals surface area (Å²) in [5.74, 6) is -0.264. The predicted octanol–water partition coefficient (Wildman–Crippen LogP) is -1.26. The Morgan fingerprint density at radius 2 is 2.18 bits per heavy atom. The fourth-order valence-corrected chi connectivity index (χ4v) is 1.32. The quantitative estimate of drug-likeness (QED) is 0.517. The number of aliphatic hydroxyl groups excluding tert-OH is 1. The van der Waals surface area contributed by atoms with Crippen LogP contribution in [0.5, 0.6) is 0 Å². The molecule has 0 aliphatic rings. The summed E-state index contributed by atoms with van der Waals surface area (Å²) in [5, 5.41) is 8.69. The topological polar surface area (TPSA) is 83.5 Å². The minimum absolute atomic E-state index is 0.108. The Bertz CT molecular complexity index is 209. The van der Waals surface area contributed by atoms with Gasteiger partial charge < -0.3 is 5.11 Å². The highest BCUT2D eigenvalue weighted by atomic mass is 32.2. The van der Waals surface area contributed by atoms with Crippen LogP contribution >= 0.6 is 0 Å². The summed E-state index contributed by atoms with van der Waals surface area (Å²) in [6, 6.07) is 0. The van der Waals surface area contributed by atoms with Gasteiger partial charge in [0, 0.05) is 0 Å². The average molecular weight is 180 g/mol. The van der Waals surface area contributed by atoms with Crippen LogP contribution in [0.3, 0.4) is 0 Å².